The van der Waals surface area contributed by atoms with E-state index in [4.69, 9.17) is 5.11 Å². The molecule has 2 amide bonds. The molecule has 1 aliphatic carbocycles. The van der Waals surface area contributed by atoms with Crippen molar-refractivity contribution in [3.8, 4) is 0 Å². The molecule has 4 unspecified atom stereocenters. The first-order valence-corrected chi connectivity index (χ1v) is 7.66. The number of carboxylic acid groups (broad SMARTS) is 1. The van der Waals surface area contributed by atoms with Crippen molar-refractivity contribution in [2.24, 2.45) is 17.8 Å². The highest BCUT2D eigenvalue weighted by atomic mass is 16.4. The molecule has 1 saturated carbocycles. The van der Waals surface area contributed by atoms with E-state index in [9.17, 15) is 9.59 Å². The highest BCUT2D eigenvalue weighted by Gasteiger charge is 2.28. The van der Waals surface area contributed by atoms with Crippen molar-refractivity contribution in [1.29, 1.82) is 0 Å². The van der Waals surface area contributed by atoms with E-state index in [1.54, 1.807) is 0 Å². The molecule has 1 rings (SSSR count). The second kappa shape index (κ2) is 8.12. The molecule has 5 heteroatoms. The van der Waals surface area contributed by atoms with E-state index in [0.717, 1.165) is 6.42 Å². The van der Waals surface area contributed by atoms with Crippen LogP contribution in [0.2, 0.25) is 0 Å². The van der Waals surface area contributed by atoms with Gasteiger partial charge in [0.15, 0.2) is 0 Å². The summed E-state index contributed by atoms with van der Waals surface area (Å²) in [5.74, 6) is 0.563. The third-order valence-electron chi connectivity index (χ3n) is 4.49. The van der Waals surface area contributed by atoms with E-state index in [1.165, 1.54) is 12.8 Å². The lowest BCUT2D eigenvalue weighted by Gasteiger charge is -2.34. The molecule has 0 aromatic heterocycles. The van der Waals surface area contributed by atoms with Crippen LogP contribution in [-0.2, 0) is 4.79 Å². The lowest BCUT2D eigenvalue weighted by atomic mass is 9.78. The van der Waals surface area contributed by atoms with Crippen LogP contribution < -0.4 is 10.6 Å². The van der Waals surface area contributed by atoms with Gasteiger partial charge in [0.25, 0.3) is 0 Å². The summed E-state index contributed by atoms with van der Waals surface area (Å²) in [6.45, 7) is 6.92. The topological polar surface area (TPSA) is 78.4 Å². The van der Waals surface area contributed by atoms with Gasteiger partial charge in [-0.3, -0.25) is 4.79 Å². The van der Waals surface area contributed by atoms with Crippen LogP contribution in [0.25, 0.3) is 0 Å². The number of hydrogen-bond acceptors (Lipinski definition) is 2. The van der Waals surface area contributed by atoms with Crippen molar-refractivity contribution in [2.45, 2.75) is 58.9 Å². The summed E-state index contributed by atoms with van der Waals surface area (Å²) in [5.41, 5.74) is 0. The Morgan fingerprint density at radius 3 is 2.65 bits per heavy atom. The zero-order valence-corrected chi connectivity index (χ0v) is 12.8. The van der Waals surface area contributed by atoms with Gasteiger partial charge in [0, 0.05) is 19.0 Å². The number of hydrogen-bond donors (Lipinski definition) is 3. The van der Waals surface area contributed by atoms with E-state index < -0.39 is 5.97 Å². The van der Waals surface area contributed by atoms with Crippen LogP contribution in [0.15, 0.2) is 0 Å². The standard InChI is InChI=1S/C15H28N2O3/c1-10(7-8-14(18)19)9-16-15(20)17-13-6-4-5-11(2)12(13)3/h10-13H,4-9H2,1-3H3,(H,18,19)(H2,16,17,20). The van der Waals surface area contributed by atoms with Crippen LogP contribution in [0.4, 0.5) is 4.79 Å². The van der Waals surface area contributed by atoms with Gasteiger partial charge in [0.1, 0.15) is 0 Å². The summed E-state index contributed by atoms with van der Waals surface area (Å²) in [6.07, 6.45) is 4.21. The molecular formula is C15H28N2O3. The number of urea groups is 1. The van der Waals surface area contributed by atoms with E-state index in [0.29, 0.717) is 24.8 Å². The first kappa shape index (κ1) is 16.8. The quantitative estimate of drug-likeness (QED) is 0.701. The Bertz CT molecular complexity index is 333. The summed E-state index contributed by atoms with van der Waals surface area (Å²) in [4.78, 5) is 22.3. The molecule has 1 aliphatic rings. The molecule has 5 nitrogen and oxygen atoms in total. The van der Waals surface area contributed by atoms with E-state index in [-0.39, 0.29) is 24.4 Å². The van der Waals surface area contributed by atoms with E-state index in [2.05, 4.69) is 24.5 Å². The molecule has 0 bridgehead atoms. The van der Waals surface area contributed by atoms with Gasteiger partial charge >= 0.3 is 12.0 Å². The van der Waals surface area contributed by atoms with Gasteiger partial charge in [-0.1, -0.05) is 33.6 Å². The lowest BCUT2D eigenvalue weighted by Crippen LogP contribution is -2.48. The first-order valence-electron chi connectivity index (χ1n) is 7.66. The maximum absolute atomic E-state index is 11.9. The number of amides is 2. The zero-order valence-electron chi connectivity index (χ0n) is 12.8. The Kier molecular flexibility index (Phi) is 6.82. The average molecular weight is 284 g/mol. The monoisotopic (exact) mass is 284 g/mol. The average Bonchev–Trinajstić information content (AvgIpc) is 2.39. The predicted octanol–water partition coefficient (Wildman–Crippen LogP) is 2.61. The first-order chi connectivity index (χ1) is 9.40. The molecule has 0 aromatic rings. The molecule has 0 spiro atoms. The molecule has 0 radical (unpaired) electrons. The maximum atomic E-state index is 11.9. The van der Waals surface area contributed by atoms with Gasteiger partial charge in [-0.15, -0.1) is 0 Å². The van der Waals surface area contributed by atoms with Gasteiger partial charge in [-0.25, -0.2) is 4.79 Å². The number of carbonyl (C=O) groups excluding carboxylic acids is 1. The number of rotatable bonds is 6. The van der Waals surface area contributed by atoms with Crippen LogP contribution in [0.3, 0.4) is 0 Å². The van der Waals surface area contributed by atoms with Crippen molar-refractivity contribution in [1.82, 2.24) is 10.6 Å². The lowest BCUT2D eigenvalue weighted by molar-refractivity contribution is -0.137. The Labute approximate surface area is 121 Å². The van der Waals surface area contributed by atoms with Gasteiger partial charge < -0.3 is 15.7 Å². The fourth-order valence-electron chi connectivity index (χ4n) is 2.74. The normalized spacial score (nSPS) is 27.6. The van der Waals surface area contributed by atoms with Crippen molar-refractivity contribution in [3.05, 3.63) is 0 Å². The second-order valence-corrected chi connectivity index (χ2v) is 6.27. The third kappa shape index (κ3) is 5.80. The van der Waals surface area contributed by atoms with Crippen LogP contribution in [-0.4, -0.2) is 29.7 Å². The van der Waals surface area contributed by atoms with Crippen LogP contribution in [0.1, 0.15) is 52.9 Å². The van der Waals surface area contributed by atoms with E-state index >= 15 is 0 Å². The fourth-order valence-corrected chi connectivity index (χ4v) is 2.74. The Balaban J connectivity index is 2.24. The summed E-state index contributed by atoms with van der Waals surface area (Å²) < 4.78 is 0. The summed E-state index contributed by atoms with van der Waals surface area (Å²) in [6, 6.07) is 0.131. The molecule has 0 aliphatic heterocycles. The number of carboxylic acids is 1. The van der Waals surface area contributed by atoms with Crippen molar-refractivity contribution < 1.29 is 14.7 Å². The molecule has 0 heterocycles. The predicted molar refractivity (Wildman–Crippen MR) is 78.5 cm³/mol. The highest BCUT2D eigenvalue weighted by Crippen LogP contribution is 2.29. The fraction of sp³-hybridized carbons (Fsp3) is 0.867. The molecule has 4 atom stereocenters. The number of nitrogens with one attached hydrogen (secondary N) is 2. The molecule has 1 fully saturated rings. The minimum atomic E-state index is -0.786. The third-order valence-corrected chi connectivity index (χ3v) is 4.49. The minimum absolute atomic E-state index is 0.127. The summed E-state index contributed by atoms with van der Waals surface area (Å²) >= 11 is 0. The number of carbonyl (C=O) groups is 2. The molecule has 0 aromatic carbocycles. The number of aliphatic carboxylic acids is 1. The SMILES string of the molecule is CC(CCC(=O)O)CNC(=O)NC1CCCC(C)C1C. The maximum Gasteiger partial charge on any atom is 0.315 e. The molecular weight excluding hydrogens is 256 g/mol. The van der Waals surface area contributed by atoms with Gasteiger partial charge in [-0.2, -0.15) is 0 Å². The minimum Gasteiger partial charge on any atom is -0.481 e. The van der Waals surface area contributed by atoms with Gasteiger partial charge in [0.2, 0.25) is 0 Å². The van der Waals surface area contributed by atoms with Crippen molar-refractivity contribution >= 4 is 12.0 Å². The molecule has 116 valence electrons. The smallest absolute Gasteiger partial charge is 0.315 e. The Morgan fingerprint density at radius 1 is 1.30 bits per heavy atom. The second-order valence-electron chi connectivity index (χ2n) is 6.27. The Hall–Kier alpha value is -1.26. The zero-order chi connectivity index (χ0) is 15.1. The molecule has 3 N–H and O–H groups in total. The molecule has 0 saturated heterocycles. The Morgan fingerprint density at radius 2 is 2.00 bits per heavy atom. The van der Waals surface area contributed by atoms with Crippen LogP contribution in [0.5, 0.6) is 0 Å². The van der Waals surface area contributed by atoms with Crippen molar-refractivity contribution in [2.75, 3.05) is 6.54 Å². The molecule has 20 heavy (non-hydrogen) atoms. The van der Waals surface area contributed by atoms with Gasteiger partial charge in [0.05, 0.1) is 0 Å². The largest absolute Gasteiger partial charge is 0.481 e. The summed E-state index contributed by atoms with van der Waals surface area (Å²) in [5, 5.41) is 14.5. The van der Waals surface area contributed by atoms with Crippen LogP contribution in [0, 0.1) is 17.8 Å². The highest BCUT2D eigenvalue weighted by molar-refractivity contribution is 5.74. The van der Waals surface area contributed by atoms with Crippen molar-refractivity contribution in [3.63, 3.8) is 0 Å². The summed E-state index contributed by atoms with van der Waals surface area (Å²) in [7, 11) is 0. The van der Waals surface area contributed by atoms with E-state index in [1.807, 2.05) is 6.92 Å². The van der Waals surface area contributed by atoms with Gasteiger partial charge in [-0.05, 0) is 30.6 Å². The van der Waals surface area contributed by atoms with Crippen LogP contribution >= 0.6 is 0 Å².